The van der Waals surface area contributed by atoms with E-state index in [0.29, 0.717) is 12.2 Å². The Kier molecular flexibility index (Phi) is 4.60. The second-order valence-corrected chi connectivity index (χ2v) is 3.53. The zero-order valence-electron chi connectivity index (χ0n) is 9.13. The average molecular weight is 224 g/mol. The molecule has 0 aliphatic rings. The first kappa shape index (κ1) is 12.3. The number of ether oxygens (including phenoxy) is 1. The van der Waals surface area contributed by atoms with E-state index in [1.807, 2.05) is 6.92 Å². The number of benzene rings is 1. The minimum Gasteiger partial charge on any atom is -0.490 e. The van der Waals surface area contributed by atoms with Gasteiger partial charge in [0.05, 0.1) is 6.61 Å². The van der Waals surface area contributed by atoms with Gasteiger partial charge in [-0.3, -0.25) is 0 Å². The molecule has 0 heterocycles. The normalized spacial score (nSPS) is 13.5. The molecule has 1 aromatic rings. The SMILES string of the molecule is CC(CC(N)=NO)Oc1cccc(CO)c1. The maximum atomic E-state index is 8.95. The van der Waals surface area contributed by atoms with Gasteiger partial charge in [-0.05, 0) is 24.6 Å². The summed E-state index contributed by atoms with van der Waals surface area (Å²) in [6.45, 7) is 1.80. The van der Waals surface area contributed by atoms with Gasteiger partial charge in [-0.2, -0.15) is 0 Å². The van der Waals surface area contributed by atoms with E-state index in [-0.39, 0.29) is 18.5 Å². The Morgan fingerprint density at radius 2 is 2.31 bits per heavy atom. The standard InChI is InChI=1S/C11H16N2O3/c1-8(5-11(12)13-15)16-10-4-2-3-9(6-10)7-14/h2-4,6,8,14-15H,5,7H2,1H3,(H2,12,13). The van der Waals surface area contributed by atoms with Gasteiger partial charge in [0.25, 0.3) is 0 Å². The van der Waals surface area contributed by atoms with Crippen LogP contribution < -0.4 is 10.5 Å². The number of nitrogens with two attached hydrogens (primary N) is 1. The van der Waals surface area contributed by atoms with Crippen LogP contribution in [0, 0.1) is 0 Å². The van der Waals surface area contributed by atoms with E-state index < -0.39 is 0 Å². The van der Waals surface area contributed by atoms with Gasteiger partial charge < -0.3 is 20.8 Å². The van der Waals surface area contributed by atoms with E-state index in [1.165, 1.54) is 0 Å². The van der Waals surface area contributed by atoms with E-state index in [9.17, 15) is 0 Å². The molecule has 1 rings (SSSR count). The average Bonchev–Trinajstić information content (AvgIpc) is 2.28. The first-order valence-corrected chi connectivity index (χ1v) is 4.98. The fraction of sp³-hybridized carbons (Fsp3) is 0.364. The second-order valence-electron chi connectivity index (χ2n) is 3.53. The van der Waals surface area contributed by atoms with E-state index in [1.54, 1.807) is 24.3 Å². The Balaban J connectivity index is 2.58. The lowest BCUT2D eigenvalue weighted by Gasteiger charge is -2.14. The monoisotopic (exact) mass is 224 g/mol. The molecule has 0 saturated carbocycles. The highest BCUT2D eigenvalue weighted by molar-refractivity contribution is 5.80. The van der Waals surface area contributed by atoms with Gasteiger partial charge in [0.2, 0.25) is 0 Å². The number of amidine groups is 1. The van der Waals surface area contributed by atoms with E-state index >= 15 is 0 Å². The molecular weight excluding hydrogens is 208 g/mol. The molecule has 0 aliphatic heterocycles. The number of aliphatic hydroxyl groups is 1. The van der Waals surface area contributed by atoms with Crippen molar-refractivity contribution >= 4 is 5.84 Å². The lowest BCUT2D eigenvalue weighted by molar-refractivity contribution is 0.225. The van der Waals surface area contributed by atoms with Gasteiger partial charge in [0.15, 0.2) is 0 Å². The van der Waals surface area contributed by atoms with Crippen molar-refractivity contribution in [1.29, 1.82) is 0 Å². The highest BCUT2D eigenvalue weighted by atomic mass is 16.5. The Morgan fingerprint density at radius 1 is 1.56 bits per heavy atom. The molecule has 0 fully saturated rings. The van der Waals surface area contributed by atoms with E-state index in [2.05, 4.69) is 5.16 Å². The van der Waals surface area contributed by atoms with Crippen LogP contribution in [0.2, 0.25) is 0 Å². The summed E-state index contributed by atoms with van der Waals surface area (Å²) in [4.78, 5) is 0. The smallest absolute Gasteiger partial charge is 0.142 e. The number of nitrogens with zero attached hydrogens (tertiary/aromatic N) is 1. The first-order valence-electron chi connectivity index (χ1n) is 4.98. The van der Waals surface area contributed by atoms with Crippen molar-refractivity contribution in [2.45, 2.75) is 26.1 Å². The van der Waals surface area contributed by atoms with Crippen LogP contribution in [0.15, 0.2) is 29.4 Å². The van der Waals surface area contributed by atoms with Crippen LogP contribution in [0.4, 0.5) is 0 Å². The molecule has 0 amide bonds. The molecule has 0 bridgehead atoms. The molecule has 0 radical (unpaired) electrons. The quantitative estimate of drug-likeness (QED) is 0.302. The maximum absolute atomic E-state index is 8.95. The lowest BCUT2D eigenvalue weighted by Crippen LogP contribution is -2.22. The summed E-state index contributed by atoms with van der Waals surface area (Å²) in [6, 6.07) is 7.16. The van der Waals surface area contributed by atoms with Crippen LogP contribution in [-0.4, -0.2) is 22.3 Å². The summed E-state index contributed by atoms with van der Waals surface area (Å²) in [7, 11) is 0. The lowest BCUT2D eigenvalue weighted by atomic mass is 10.2. The minimum atomic E-state index is -0.190. The van der Waals surface area contributed by atoms with Crippen LogP contribution in [0.3, 0.4) is 0 Å². The number of aliphatic hydroxyl groups excluding tert-OH is 1. The summed E-state index contributed by atoms with van der Waals surface area (Å²) < 4.78 is 5.55. The molecule has 0 spiro atoms. The predicted molar refractivity (Wildman–Crippen MR) is 60.5 cm³/mol. The minimum absolute atomic E-state index is 0.0220. The van der Waals surface area contributed by atoms with Crippen molar-refractivity contribution in [3.05, 3.63) is 29.8 Å². The van der Waals surface area contributed by atoms with Crippen molar-refractivity contribution in [1.82, 2.24) is 0 Å². The summed E-state index contributed by atoms with van der Waals surface area (Å²) in [5.74, 6) is 0.788. The number of oxime groups is 1. The summed E-state index contributed by atoms with van der Waals surface area (Å²) in [5.41, 5.74) is 6.15. The third-order valence-electron chi connectivity index (χ3n) is 2.04. The summed E-state index contributed by atoms with van der Waals surface area (Å²) in [5, 5.41) is 20.2. The molecule has 1 aromatic carbocycles. The molecule has 1 atom stereocenters. The van der Waals surface area contributed by atoms with Crippen molar-refractivity contribution in [2.75, 3.05) is 0 Å². The fourth-order valence-electron chi connectivity index (χ4n) is 1.33. The third-order valence-corrected chi connectivity index (χ3v) is 2.04. The largest absolute Gasteiger partial charge is 0.490 e. The van der Waals surface area contributed by atoms with Crippen molar-refractivity contribution < 1.29 is 15.1 Å². The summed E-state index contributed by atoms with van der Waals surface area (Å²) in [6.07, 6.45) is 0.157. The molecule has 88 valence electrons. The van der Waals surface area contributed by atoms with Gasteiger partial charge in [0.1, 0.15) is 17.7 Å². The molecule has 0 aromatic heterocycles. The van der Waals surface area contributed by atoms with Gasteiger partial charge in [-0.25, -0.2) is 0 Å². The molecular formula is C11H16N2O3. The topological polar surface area (TPSA) is 88.1 Å². The molecule has 0 aliphatic carbocycles. The molecule has 4 N–H and O–H groups in total. The number of rotatable bonds is 5. The van der Waals surface area contributed by atoms with Gasteiger partial charge in [0, 0.05) is 6.42 Å². The van der Waals surface area contributed by atoms with Crippen LogP contribution >= 0.6 is 0 Å². The van der Waals surface area contributed by atoms with Crippen molar-refractivity contribution in [2.24, 2.45) is 10.9 Å². The predicted octanol–water partition coefficient (Wildman–Crippen LogP) is 1.08. The second kappa shape index (κ2) is 5.97. The molecule has 1 unspecified atom stereocenters. The van der Waals surface area contributed by atoms with Crippen molar-refractivity contribution in [3.8, 4) is 5.75 Å². The fourth-order valence-corrected chi connectivity index (χ4v) is 1.33. The van der Waals surface area contributed by atoms with Gasteiger partial charge in [-0.15, -0.1) is 0 Å². The third kappa shape index (κ3) is 3.78. The maximum Gasteiger partial charge on any atom is 0.142 e. The van der Waals surface area contributed by atoms with E-state index in [0.717, 1.165) is 5.56 Å². The highest BCUT2D eigenvalue weighted by Gasteiger charge is 2.07. The Morgan fingerprint density at radius 3 is 2.94 bits per heavy atom. The molecule has 0 saturated heterocycles. The Hall–Kier alpha value is -1.75. The van der Waals surface area contributed by atoms with Crippen LogP contribution in [0.5, 0.6) is 5.75 Å². The summed E-state index contributed by atoms with van der Waals surface area (Å²) >= 11 is 0. The van der Waals surface area contributed by atoms with Crippen LogP contribution in [-0.2, 0) is 6.61 Å². The first-order chi connectivity index (χ1) is 7.65. The van der Waals surface area contributed by atoms with Crippen LogP contribution in [0.25, 0.3) is 0 Å². The zero-order chi connectivity index (χ0) is 12.0. The van der Waals surface area contributed by atoms with E-state index in [4.69, 9.17) is 20.8 Å². The van der Waals surface area contributed by atoms with Crippen molar-refractivity contribution in [3.63, 3.8) is 0 Å². The van der Waals surface area contributed by atoms with Gasteiger partial charge in [-0.1, -0.05) is 17.3 Å². The molecule has 5 nitrogen and oxygen atoms in total. The van der Waals surface area contributed by atoms with Crippen LogP contribution in [0.1, 0.15) is 18.9 Å². The molecule has 16 heavy (non-hydrogen) atoms. The Bertz CT molecular complexity index is 366. The number of hydrogen-bond donors (Lipinski definition) is 3. The highest BCUT2D eigenvalue weighted by Crippen LogP contribution is 2.15. The Labute approximate surface area is 94.1 Å². The zero-order valence-corrected chi connectivity index (χ0v) is 9.13. The van der Waals surface area contributed by atoms with Gasteiger partial charge >= 0.3 is 0 Å². The molecule has 5 heteroatoms. The number of hydrogen-bond acceptors (Lipinski definition) is 4.